The van der Waals surface area contributed by atoms with Crippen molar-refractivity contribution in [3.63, 3.8) is 0 Å². The van der Waals surface area contributed by atoms with Gasteiger partial charge in [0.05, 0.1) is 12.3 Å². The van der Waals surface area contributed by atoms with E-state index in [4.69, 9.17) is 4.74 Å². The molecule has 0 saturated heterocycles. The molecule has 1 unspecified atom stereocenters. The van der Waals surface area contributed by atoms with E-state index in [-0.39, 0.29) is 43.2 Å². The molecule has 2 aliphatic rings. The smallest absolute Gasteiger partial charge is 0.407 e. The van der Waals surface area contributed by atoms with E-state index in [9.17, 15) is 19.5 Å². The maximum atomic E-state index is 13.0. The SMILES string of the molecule is CC(C)[C@H](CC(=O)O)NC(=O)C(CNC(=O)OCC1c2ccccc2-c2ccccc21)C1CCC1. The number of rotatable bonds is 10. The molecule has 2 aliphatic carbocycles. The lowest BCUT2D eigenvalue weighted by molar-refractivity contribution is -0.138. The number of alkyl carbamates (subject to hydrolysis) is 1. The number of fused-ring (bicyclic) bond motifs is 3. The Hall–Kier alpha value is -3.35. The van der Waals surface area contributed by atoms with Gasteiger partial charge in [-0.1, -0.05) is 68.8 Å². The quantitative estimate of drug-likeness (QED) is 0.464. The van der Waals surface area contributed by atoms with Crippen molar-refractivity contribution in [1.29, 1.82) is 0 Å². The van der Waals surface area contributed by atoms with E-state index in [2.05, 4.69) is 34.9 Å². The average Bonchev–Trinajstić information content (AvgIpc) is 3.12. The minimum atomic E-state index is -0.944. The van der Waals surface area contributed by atoms with Crippen LogP contribution in [0.1, 0.15) is 56.6 Å². The van der Waals surface area contributed by atoms with E-state index in [1.165, 1.54) is 11.1 Å². The van der Waals surface area contributed by atoms with E-state index < -0.39 is 24.0 Å². The molecular formula is C28H34N2O5. The van der Waals surface area contributed by atoms with Crippen LogP contribution in [-0.4, -0.2) is 42.3 Å². The van der Waals surface area contributed by atoms with Crippen molar-refractivity contribution in [1.82, 2.24) is 10.6 Å². The third-order valence-corrected chi connectivity index (χ3v) is 7.39. The molecule has 2 atom stereocenters. The molecule has 7 nitrogen and oxygen atoms in total. The Kier molecular flexibility index (Phi) is 7.73. The van der Waals surface area contributed by atoms with Crippen molar-refractivity contribution in [2.24, 2.45) is 17.8 Å². The van der Waals surface area contributed by atoms with Crippen LogP contribution in [-0.2, 0) is 14.3 Å². The predicted molar refractivity (Wildman–Crippen MR) is 133 cm³/mol. The summed E-state index contributed by atoms with van der Waals surface area (Å²) in [6, 6.07) is 15.9. The molecule has 1 saturated carbocycles. The van der Waals surface area contributed by atoms with E-state index >= 15 is 0 Å². The Labute approximate surface area is 206 Å². The summed E-state index contributed by atoms with van der Waals surface area (Å²) in [6.45, 7) is 4.17. The number of hydrogen-bond donors (Lipinski definition) is 3. The highest BCUT2D eigenvalue weighted by atomic mass is 16.5. The summed E-state index contributed by atoms with van der Waals surface area (Å²) < 4.78 is 5.61. The van der Waals surface area contributed by atoms with Gasteiger partial charge in [-0.2, -0.15) is 0 Å². The van der Waals surface area contributed by atoms with Crippen molar-refractivity contribution in [2.75, 3.05) is 13.2 Å². The molecule has 35 heavy (non-hydrogen) atoms. The van der Waals surface area contributed by atoms with Crippen LogP contribution in [0.5, 0.6) is 0 Å². The first-order valence-corrected chi connectivity index (χ1v) is 12.5. The molecule has 0 aliphatic heterocycles. The second-order valence-electron chi connectivity index (χ2n) is 9.96. The van der Waals surface area contributed by atoms with Crippen molar-refractivity contribution in [3.8, 4) is 11.1 Å². The topological polar surface area (TPSA) is 105 Å². The minimum absolute atomic E-state index is 0.00724. The summed E-state index contributed by atoms with van der Waals surface area (Å²) in [5.41, 5.74) is 4.62. The summed E-state index contributed by atoms with van der Waals surface area (Å²) in [7, 11) is 0. The highest BCUT2D eigenvalue weighted by Crippen LogP contribution is 2.44. The van der Waals surface area contributed by atoms with Crippen LogP contribution >= 0.6 is 0 Å². The number of benzene rings is 2. The van der Waals surface area contributed by atoms with Gasteiger partial charge in [0.15, 0.2) is 0 Å². The maximum Gasteiger partial charge on any atom is 0.407 e. The molecule has 2 amide bonds. The largest absolute Gasteiger partial charge is 0.481 e. The Bertz CT molecular complexity index is 1030. The summed E-state index contributed by atoms with van der Waals surface area (Å²) in [6.07, 6.45) is 2.24. The number of nitrogens with one attached hydrogen (secondary N) is 2. The second kappa shape index (κ2) is 10.9. The fourth-order valence-electron chi connectivity index (χ4n) is 5.09. The summed E-state index contributed by atoms with van der Waals surface area (Å²) in [5, 5.41) is 14.9. The number of ether oxygens (including phenoxy) is 1. The number of aliphatic carboxylic acids is 1. The van der Waals surface area contributed by atoms with Crippen LogP contribution in [0.2, 0.25) is 0 Å². The average molecular weight is 479 g/mol. The van der Waals surface area contributed by atoms with Crippen molar-refractivity contribution in [2.45, 2.75) is 51.5 Å². The molecule has 0 spiro atoms. The Morgan fingerprint density at radius 2 is 1.60 bits per heavy atom. The first-order valence-electron chi connectivity index (χ1n) is 12.5. The van der Waals surface area contributed by atoms with Gasteiger partial charge in [-0.25, -0.2) is 4.79 Å². The maximum absolute atomic E-state index is 13.0. The van der Waals surface area contributed by atoms with Crippen LogP contribution in [0.15, 0.2) is 48.5 Å². The number of amides is 2. The first-order chi connectivity index (χ1) is 16.8. The highest BCUT2D eigenvalue weighted by molar-refractivity contribution is 5.81. The van der Waals surface area contributed by atoms with Gasteiger partial charge in [-0.15, -0.1) is 0 Å². The highest BCUT2D eigenvalue weighted by Gasteiger charge is 2.35. The van der Waals surface area contributed by atoms with Gasteiger partial charge < -0.3 is 20.5 Å². The van der Waals surface area contributed by atoms with E-state index in [1.807, 2.05) is 38.1 Å². The zero-order valence-corrected chi connectivity index (χ0v) is 20.3. The molecule has 2 aromatic rings. The second-order valence-corrected chi connectivity index (χ2v) is 9.96. The summed E-state index contributed by atoms with van der Waals surface area (Å²) in [5.74, 6) is -1.40. The lowest BCUT2D eigenvalue weighted by Crippen LogP contribution is -2.49. The fourth-order valence-corrected chi connectivity index (χ4v) is 5.09. The zero-order chi connectivity index (χ0) is 24.9. The molecule has 1 fully saturated rings. The number of carbonyl (C=O) groups excluding carboxylic acids is 2. The van der Waals surface area contributed by atoms with Crippen LogP contribution in [0.4, 0.5) is 4.79 Å². The molecule has 4 rings (SSSR count). The number of carbonyl (C=O) groups is 3. The standard InChI is InChI=1S/C28H34N2O5/c1-17(2)25(14-26(31)32)30-27(33)23(18-8-7-9-18)15-29-28(34)35-16-24-21-12-5-3-10-19(21)20-11-4-6-13-22(20)24/h3-6,10-13,17-18,23-25H,7-9,14-16H2,1-2H3,(H,29,34)(H,30,33)(H,31,32)/t23?,25-/m0/s1. The molecular weight excluding hydrogens is 444 g/mol. The van der Waals surface area contributed by atoms with Gasteiger partial charge in [-0.05, 0) is 46.9 Å². The minimum Gasteiger partial charge on any atom is -0.481 e. The molecule has 3 N–H and O–H groups in total. The van der Waals surface area contributed by atoms with Crippen LogP contribution < -0.4 is 10.6 Å². The molecule has 0 bridgehead atoms. The number of carboxylic acids is 1. The van der Waals surface area contributed by atoms with Crippen LogP contribution in [0, 0.1) is 17.8 Å². The van der Waals surface area contributed by atoms with Crippen molar-refractivity contribution < 1.29 is 24.2 Å². The van der Waals surface area contributed by atoms with E-state index in [1.54, 1.807) is 0 Å². The molecule has 0 radical (unpaired) electrons. The number of hydrogen-bond acceptors (Lipinski definition) is 4. The predicted octanol–water partition coefficient (Wildman–Crippen LogP) is 4.56. The van der Waals surface area contributed by atoms with Crippen molar-refractivity contribution >= 4 is 18.0 Å². The molecule has 7 heteroatoms. The monoisotopic (exact) mass is 478 g/mol. The van der Waals surface area contributed by atoms with Crippen molar-refractivity contribution in [3.05, 3.63) is 59.7 Å². The van der Waals surface area contributed by atoms with Gasteiger partial charge in [0.1, 0.15) is 6.61 Å². The van der Waals surface area contributed by atoms with Gasteiger partial charge in [0, 0.05) is 18.5 Å². The Morgan fingerprint density at radius 3 is 2.11 bits per heavy atom. The Morgan fingerprint density at radius 1 is 1.00 bits per heavy atom. The van der Waals surface area contributed by atoms with Gasteiger partial charge in [-0.3, -0.25) is 9.59 Å². The van der Waals surface area contributed by atoms with Crippen LogP contribution in [0.3, 0.4) is 0 Å². The Balaban J connectivity index is 1.35. The normalized spacial score (nSPS) is 16.5. The van der Waals surface area contributed by atoms with Gasteiger partial charge in [0.2, 0.25) is 5.91 Å². The number of carboxylic acid groups (broad SMARTS) is 1. The third-order valence-electron chi connectivity index (χ3n) is 7.39. The summed E-state index contributed by atoms with van der Waals surface area (Å²) in [4.78, 5) is 36.8. The fraction of sp³-hybridized carbons (Fsp3) is 0.464. The van der Waals surface area contributed by atoms with Gasteiger partial charge in [0.25, 0.3) is 0 Å². The van der Waals surface area contributed by atoms with Gasteiger partial charge >= 0.3 is 12.1 Å². The van der Waals surface area contributed by atoms with E-state index in [0.29, 0.717) is 0 Å². The molecule has 186 valence electrons. The third kappa shape index (κ3) is 5.66. The first kappa shape index (κ1) is 24.8. The summed E-state index contributed by atoms with van der Waals surface area (Å²) >= 11 is 0. The molecule has 0 aromatic heterocycles. The lowest BCUT2D eigenvalue weighted by Gasteiger charge is -2.34. The lowest BCUT2D eigenvalue weighted by atomic mass is 9.75. The molecule has 2 aromatic carbocycles. The van der Waals surface area contributed by atoms with Crippen LogP contribution in [0.25, 0.3) is 11.1 Å². The van der Waals surface area contributed by atoms with E-state index in [0.717, 1.165) is 30.4 Å². The zero-order valence-electron chi connectivity index (χ0n) is 20.3. The molecule has 0 heterocycles.